The molecule has 8 nitrogen and oxygen atoms in total. The second-order valence-corrected chi connectivity index (χ2v) is 6.38. The number of amides is 1. The van der Waals surface area contributed by atoms with Gasteiger partial charge in [-0.05, 0) is 30.5 Å². The van der Waals surface area contributed by atoms with Gasteiger partial charge in [-0.25, -0.2) is 4.79 Å². The molecule has 1 amide bonds. The van der Waals surface area contributed by atoms with Crippen molar-refractivity contribution in [2.75, 3.05) is 11.9 Å². The lowest BCUT2D eigenvalue weighted by Crippen LogP contribution is -2.31. The molecule has 0 saturated carbocycles. The number of ether oxygens (including phenoxy) is 2. The summed E-state index contributed by atoms with van der Waals surface area (Å²) in [5.74, 6) is -0.598. The summed E-state index contributed by atoms with van der Waals surface area (Å²) < 4.78 is 10.6. The molecule has 0 aliphatic heterocycles. The van der Waals surface area contributed by atoms with Crippen LogP contribution in [0.1, 0.15) is 32.3 Å². The Balaban J connectivity index is 1.92. The maximum absolute atomic E-state index is 12.2. The van der Waals surface area contributed by atoms with Crippen LogP contribution in [-0.2, 0) is 14.3 Å². The van der Waals surface area contributed by atoms with Gasteiger partial charge in [-0.3, -0.25) is 14.9 Å². The topological polar surface area (TPSA) is 108 Å². The molecule has 2 aromatic carbocycles. The molecule has 28 heavy (non-hydrogen) atoms. The zero-order valence-electron chi connectivity index (χ0n) is 15.9. The Hall–Kier alpha value is -3.42. The lowest BCUT2D eigenvalue weighted by atomic mass is 10.0. The number of anilines is 1. The summed E-state index contributed by atoms with van der Waals surface area (Å²) in [4.78, 5) is 34.6. The Morgan fingerprint density at radius 1 is 1.07 bits per heavy atom. The highest BCUT2D eigenvalue weighted by Crippen LogP contribution is 2.26. The van der Waals surface area contributed by atoms with Gasteiger partial charge in [0, 0.05) is 6.07 Å². The summed E-state index contributed by atoms with van der Waals surface area (Å²) in [7, 11) is 0. The summed E-state index contributed by atoms with van der Waals surface area (Å²) in [6, 6.07) is 13.1. The molecule has 0 fully saturated rings. The standard InChI is InChI=1S/C20H22N2O6/c1-13(2)15-8-4-7-11-18(15)27-12-19(23)28-14(3)20(24)21-16-9-5-6-10-17(16)22(25)26/h4-11,13-14H,12H2,1-3H3,(H,21,24)/t14-/m1/s1. The van der Waals surface area contributed by atoms with E-state index in [1.165, 1.54) is 25.1 Å². The van der Waals surface area contributed by atoms with Crippen molar-refractivity contribution >= 4 is 23.3 Å². The van der Waals surface area contributed by atoms with Crippen LogP contribution in [0.15, 0.2) is 48.5 Å². The summed E-state index contributed by atoms with van der Waals surface area (Å²) >= 11 is 0. The van der Waals surface area contributed by atoms with Gasteiger partial charge in [0.15, 0.2) is 12.7 Å². The van der Waals surface area contributed by atoms with E-state index in [0.717, 1.165) is 5.56 Å². The fourth-order valence-electron chi connectivity index (χ4n) is 2.48. The van der Waals surface area contributed by atoms with Crippen molar-refractivity contribution in [3.63, 3.8) is 0 Å². The smallest absolute Gasteiger partial charge is 0.344 e. The van der Waals surface area contributed by atoms with Crippen LogP contribution in [0, 0.1) is 10.1 Å². The highest BCUT2D eigenvalue weighted by molar-refractivity contribution is 5.96. The minimum absolute atomic E-state index is 0.0301. The van der Waals surface area contributed by atoms with E-state index in [0.29, 0.717) is 5.75 Å². The first kappa shape index (κ1) is 20.9. The number of hydrogen-bond acceptors (Lipinski definition) is 6. The van der Waals surface area contributed by atoms with Gasteiger partial charge in [-0.15, -0.1) is 0 Å². The van der Waals surface area contributed by atoms with E-state index in [4.69, 9.17) is 9.47 Å². The van der Waals surface area contributed by atoms with Crippen LogP contribution in [-0.4, -0.2) is 29.5 Å². The van der Waals surface area contributed by atoms with Crippen molar-refractivity contribution in [1.82, 2.24) is 0 Å². The SMILES string of the molecule is CC(C)c1ccccc1OCC(=O)O[C@H](C)C(=O)Nc1ccccc1[N+](=O)[O-]. The molecule has 1 atom stereocenters. The van der Waals surface area contributed by atoms with E-state index in [-0.39, 0.29) is 23.9 Å². The van der Waals surface area contributed by atoms with Gasteiger partial charge in [0.1, 0.15) is 11.4 Å². The first-order valence-electron chi connectivity index (χ1n) is 8.75. The maximum Gasteiger partial charge on any atom is 0.344 e. The molecule has 0 spiro atoms. The Morgan fingerprint density at radius 3 is 2.39 bits per heavy atom. The molecular weight excluding hydrogens is 364 g/mol. The molecule has 0 aliphatic carbocycles. The summed E-state index contributed by atoms with van der Waals surface area (Å²) in [5, 5.41) is 13.4. The number of hydrogen-bond donors (Lipinski definition) is 1. The average Bonchev–Trinajstić information content (AvgIpc) is 2.66. The normalized spacial score (nSPS) is 11.6. The van der Waals surface area contributed by atoms with Gasteiger partial charge in [-0.2, -0.15) is 0 Å². The van der Waals surface area contributed by atoms with E-state index in [1.807, 2.05) is 26.0 Å². The van der Waals surface area contributed by atoms with Crippen molar-refractivity contribution in [3.05, 3.63) is 64.2 Å². The maximum atomic E-state index is 12.2. The van der Waals surface area contributed by atoms with Crippen LogP contribution < -0.4 is 10.1 Å². The van der Waals surface area contributed by atoms with Gasteiger partial charge >= 0.3 is 5.97 Å². The van der Waals surface area contributed by atoms with Crippen LogP contribution in [0.4, 0.5) is 11.4 Å². The molecule has 0 saturated heterocycles. The molecule has 8 heteroatoms. The zero-order chi connectivity index (χ0) is 20.7. The fourth-order valence-corrected chi connectivity index (χ4v) is 2.48. The number of nitrogens with zero attached hydrogens (tertiary/aromatic N) is 1. The van der Waals surface area contributed by atoms with Crippen LogP contribution in [0.25, 0.3) is 0 Å². The van der Waals surface area contributed by atoms with Crippen molar-refractivity contribution < 1.29 is 24.0 Å². The molecule has 2 rings (SSSR count). The minimum atomic E-state index is -1.14. The first-order valence-corrected chi connectivity index (χ1v) is 8.75. The highest BCUT2D eigenvalue weighted by atomic mass is 16.6. The predicted molar refractivity (Wildman–Crippen MR) is 103 cm³/mol. The lowest BCUT2D eigenvalue weighted by Gasteiger charge is -2.16. The second kappa shape index (κ2) is 9.50. The Morgan fingerprint density at radius 2 is 1.71 bits per heavy atom. The third-order valence-electron chi connectivity index (χ3n) is 3.92. The Kier molecular flexibility index (Phi) is 7.08. The summed E-state index contributed by atoms with van der Waals surface area (Å²) in [6.45, 7) is 5.04. The number of nitrogens with one attached hydrogen (secondary N) is 1. The van der Waals surface area contributed by atoms with Crippen molar-refractivity contribution in [2.24, 2.45) is 0 Å². The number of carbonyl (C=O) groups excluding carboxylic acids is 2. The monoisotopic (exact) mass is 386 g/mol. The van der Waals surface area contributed by atoms with E-state index in [9.17, 15) is 19.7 Å². The highest BCUT2D eigenvalue weighted by Gasteiger charge is 2.22. The van der Waals surface area contributed by atoms with Gasteiger partial charge in [0.25, 0.3) is 11.6 Å². The predicted octanol–water partition coefficient (Wildman–Crippen LogP) is 3.67. The van der Waals surface area contributed by atoms with Gasteiger partial charge < -0.3 is 14.8 Å². The molecule has 0 bridgehead atoms. The molecule has 0 aromatic heterocycles. The number of esters is 1. The Labute approximate surface area is 162 Å². The number of rotatable bonds is 8. The Bertz CT molecular complexity index is 865. The first-order chi connectivity index (χ1) is 13.3. The molecule has 0 unspecified atom stereocenters. The third kappa shape index (κ3) is 5.54. The van der Waals surface area contributed by atoms with E-state index >= 15 is 0 Å². The van der Waals surface area contributed by atoms with Gasteiger partial charge in [-0.1, -0.05) is 44.2 Å². The largest absolute Gasteiger partial charge is 0.482 e. The van der Waals surface area contributed by atoms with E-state index in [2.05, 4.69) is 5.32 Å². The number of para-hydroxylation sites is 3. The lowest BCUT2D eigenvalue weighted by molar-refractivity contribution is -0.383. The van der Waals surface area contributed by atoms with Crippen LogP contribution in [0.3, 0.4) is 0 Å². The summed E-state index contributed by atoms with van der Waals surface area (Å²) in [6.07, 6.45) is -1.14. The van der Waals surface area contributed by atoms with Crippen LogP contribution in [0.2, 0.25) is 0 Å². The van der Waals surface area contributed by atoms with Gasteiger partial charge in [0.2, 0.25) is 0 Å². The number of nitro benzene ring substituents is 1. The quantitative estimate of drug-likeness (QED) is 0.421. The fraction of sp³-hybridized carbons (Fsp3) is 0.300. The van der Waals surface area contributed by atoms with E-state index in [1.54, 1.807) is 18.2 Å². The molecule has 1 N–H and O–H groups in total. The molecule has 0 radical (unpaired) electrons. The van der Waals surface area contributed by atoms with Crippen LogP contribution in [0.5, 0.6) is 5.75 Å². The van der Waals surface area contributed by atoms with Gasteiger partial charge in [0.05, 0.1) is 4.92 Å². The minimum Gasteiger partial charge on any atom is -0.482 e. The zero-order valence-corrected chi connectivity index (χ0v) is 15.9. The molecular formula is C20H22N2O6. The van der Waals surface area contributed by atoms with Crippen molar-refractivity contribution in [2.45, 2.75) is 32.8 Å². The van der Waals surface area contributed by atoms with E-state index < -0.39 is 22.9 Å². The average molecular weight is 386 g/mol. The number of nitro groups is 1. The number of benzene rings is 2. The second-order valence-electron chi connectivity index (χ2n) is 6.38. The molecule has 0 aliphatic rings. The van der Waals surface area contributed by atoms with Crippen molar-refractivity contribution in [1.29, 1.82) is 0 Å². The summed E-state index contributed by atoms with van der Waals surface area (Å²) in [5.41, 5.74) is 0.739. The molecule has 148 valence electrons. The van der Waals surface area contributed by atoms with Crippen molar-refractivity contribution in [3.8, 4) is 5.75 Å². The van der Waals surface area contributed by atoms with Crippen LogP contribution >= 0.6 is 0 Å². The third-order valence-corrected chi connectivity index (χ3v) is 3.92. The number of carbonyl (C=O) groups is 2. The molecule has 0 heterocycles. The molecule has 2 aromatic rings.